The van der Waals surface area contributed by atoms with Gasteiger partial charge >= 0.3 is 6.18 Å². The minimum Gasteiger partial charge on any atom is -0.491 e. The average molecular weight is 425 g/mol. The highest BCUT2D eigenvalue weighted by atomic mass is 19.4. The number of halogens is 3. The van der Waals surface area contributed by atoms with E-state index < -0.39 is 17.5 Å². The Morgan fingerprint density at radius 3 is 2.60 bits per heavy atom. The van der Waals surface area contributed by atoms with Crippen LogP contribution in [0.15, 0.2) is 48.5 Å². The van der Waals surface area contributed by atoms with Crippen molar-refractivity contribution in [2.75, 3.05) is 32.9 Å². The predicted octanol–water partition coefficient (Wildman–Crippen LogP) is 3.19. The molecule has 2 atom stereocenters. The van der Waals surface area contributed by atoms with Gasteiger partial charge in [-0.25, -0.2) is 0 Å². The SMILES string of the molecule is CC(Cc1ccc(OCCO)cc1)N1CCOC(O)(c2cccc(C(F)(F)F)c2)C1. The van der Waals surface area contributed by atoms with Crippen LogP contribution >= 0.6 is 0 Å². The molecule has 8 heteroatoms. The molecule has 1 saturated heterocycles. The lowest BCUT2D eigenvalue weighted by atomic mass is 9.99. The maximum Gasteiger partial charge on any atom is 0.416 e. The molecule has 2 unspecified atom stereocenters. The molecule has 0 radical (unpaired) electrons. The number of benzene rings is 2. The highest BCUT2D eigenvalue weighted by molar-refractivity contribution is 5.30. The molecule has 3 rings (SSSR count). The van der Waals surface area contributed by atoms with Crippen LogP contribution in [0.4, 0.5) is 13.2 Å². The minimum atomic E-state index is -4.49. The van der Waals surface area contributed by atoms with Crippen LogP contribution in [0, 0.1) is 0 Å². The van der Waals surface area contributed by atoms with Crippen molar-refractivity contribution in [3.05, 3.63) is 65.2 Å². The molecule has 0 spiro atoms. The van der Waals surface area contributed by atoms with Crippen LogP contribution in [-0.2, 0) is 23.1 Å². The lowest BCUT2D eigenvalue weighted by Crippen LogP contribution is -2.53. The molecule has 2 aromatic carbocycles. The largest absolute Gasteiger partial charge is 0.491 e. The second-order valence-electron chi connectivity index (χ2n) is 7.45. The number of alkyl halides is 3. The zero-order valence-electron chi connectivity index (χ0n) is 16.7. The standard InChI is InChI=1S/C22H26F3NO4/c1-16(13-17-5-7-20(8-6-17)29-12-10-27)26-9-11-30-21(28,15-26)18-3-2-4-19(14-18)22(23,24)25/h2-8,14,16,27-28H,9-13,15H2,1H3. The second kappa shape index (κ2) is 9.34. The fraction of sp³-hybridized carbons (Fsp3) is 0.455. The maximum atomic E-state index is 13.0. The Morgan fingerprint density at radius 1 is 1.20 bits per heavy atom. The lowest BCUT2D eigenvalue weighted by molar-refractivity contribution is -0.252. The van der Waals surface area contributed by atoms with Gasteiger partial charge in [0.15, 0.2) is 0 Å². The third-order valence-electron chi connectivity index (χ3n) is 5.22. The first-order valence-electron chi connectivity index (χ1n) is 9.82. The average Bonchev–Trinajstić information content (AvgIpc) is 2.73. The van der Waals surface area contributed by atoms with Crippen LogP contribution < -0.4 is 4.74 Å². The van der Waals surface area contributed by atoms with Gasteiger partial charge in [0.05, 0.1) is 25.3 Å². The Labute approximate surface area is 173 Å². The summed E-state index contributed by atoms with van der Waals surface area (Å²) in [6.45, 7) is 3.05. The molecule has 1 aliphatic heterocycles. The summed E-state index contributed by atoms with van der Waals surface area (Å²) in [7, 11) is 0. The number of β-amino-alcohol motifs (C(OH)–C–C–N with tert-alkyl or cyclic N) is 1. The van der Waals surface area contributed by atoms with Crippen LogP contribution in [-0.4, -0.2) is 54.1 Å². The third-order valence-corrected chi connectivity index (χ3v) is 5.22. The Kier molecular flexibility index (Phi) is 7.02. The van der Waals surface area contributed by atoms with Crippen LogP contribution in [0.1, 0.15) is 23.6 Å². The summed E-state index contributed by atoms with van der Waals surface area (Å²) < 4.78 is 50.0. The molecule has 1 fully saturated rings. The summed E-state index contributed by atoms with van der Waals surface area (Å²) in [5.41, 5.74) is 0.346. The summed E-state index contributed by atoms with van der Waals surface area (Å²) in [5.74, 6) is -1.12. The first-order chi connectivity index (χ1) is 14.2. The number of rotatable bonds is 7. The van der Waals surface area contributed by atoms with Gasteiger partial charge in [-0.05, 0) is 43.2 Å². The predicted molar refractivity (Wildman–Crippen MR) is 105 cm³/mol. The van der Waals surface area contributed by atoms with Gasteiger partial charge in [-0.15, -0.1) is 0 Å². The number of morpholine rings is 1. The van der Waals surface area contributed by atoms with Crippen molar-refractivity contribution in [3.8, 4) is 5.75 Å². The number of aliphatic hydroxyl groups is 2. The molecular weight excluding hydrogens is 399 g/mol. The molecule has 0 amide bonds. The zero-order chi connectivity index (χ0) is 21.8. The number of nitrogens with zero attached hydrogens (tertiary/aromatic N) is 1. The smallest absolute Gasteiger partial charge is 0.416 e. The van der Waals surface area contributed by atoms with E-state index in [1.54, 1.807) is 0 Å². The van der Waals surface area contributed by atoms with Crippen LogP contribution in [0.25, 0.3) is 0 Å². The van der Waals surface area contributed by atoms with E-state index in [1.165, 1.54) is 12.1 Å². The molecule has 2 N–H and O–H groups in total. The van der Waals surface area contributed by atoms with Gasteiger partial charge in [0.25, 0.3) is 0 Å². The Balaban J connectivity index is 1.68. The van der Waals surface area contributed by atoms with Gasteiger partial charge in [-0.1, -0.05) is 24.3 Å². The quantitative estimate of drug-likeness (QED) is 0.714. The summed E-state index contributed by atoms with van der Waals surface area (Å²) in [6, 6.07) is 12.2. The molecule has 1 aliphatic rings. The molecule has 0 bridgehead atoms. The van der Waals surface area contributed by atoms with E-state index in [0.29, 0.717) is 18.7 Å². The van der Waals surface area contributed by atoms with Crippen molar-refractivity contribution < 1.29 is 32.9 Å². The summed E-state index contributed by atoms with van der Waals surface area (Å²) in [5, 5.41) is 19.8. The van der Waals surface area contributed by atoms with E-state index in [-0.39, 0.29) is 38.0 Å². The van der Waals surface area contributed by atoms with E-state index in [2.05, 4.69) is 0 Å². The number of aliphatic hydroxyl groups excluding tert-OH is 1. The molecule has 0 aliphatic carbocycles. The first kappa shape index (κ1) is 22.6. The van der Waals surface area contributed by atoms with Crippen molar-refractivity contribution in [2.45, 2.75) is 31.3 Å². The Morgan fingerprint density at radius 2 is 1.93 bits per heavy atom. The lowest BCUT2D eigenvalue weighted by Gasteiger charge is -2.42. The van der Waals surface area contributed by atoms with E-state index in [4.69, 9.17) is 14.6 Å². The van der Waals surface area contributed by atoms with Crippen LogP contribution in [0.5, 0.6) is 5.75 Å². The maximum absolute atomic E-state index is 13.0. The normalized spacial score (nSPS) is 21.4. The molecule has 30 heavy (non-hydrogen) atoms. The molecule has 0 aromatic heterocycles. The van der Waals surface area contributed by atoms with Gasteiger partial charge in [0, 0.05) is 18.2 Å². The van der Waals surface area contributed by atoms with Crippen molar-refractivity contribution in [1.29, 1.82) is 0 Å². The van der Waals surface area contributed by atoms with Gasteiger partial charge in [0.1, 0.15) is 12.4 Å². The van der Waals surface area contributed by atoms with Crippen molar-refractivity contribution in [2.24, 2.45) is 0 Å². The van der Waals surface area contributed by atoms with E-state index in [9.17, 15) is 18.3 Å². The van der Waals surface area contributed by atoms with Gasteiger partial charge < -0.3 is 19.7 Å². The van der Waals surface area contributed by atoms with Crippen molar-refractivity contribution in [1.82, 2.24) is 4.90 Å². The number of hydrogen-bond acceptors (Lipinski definition) is 5. The van der Waals surface area contributed by atoms with E-state index in [0.717, 1.165) is 17.7 Å². The second-order valence-corrected chi connectivity index (χ2v) is 7.45. The molecule has 164 valence electrons. The summed E-state index contributed by atoms with van der Waals surface area (Å²) in [6.07, 6.45) is -3.79. The van der Waals surface area contributed by atoms with E-state index in [1.807, 2.05) is 36.1 Å². The summed E-state index contributed by atoms with van der Waals surface area (Å²) >= 11 is 0. The Bertz CT molecular complexity index is 828. The topological polar surface area (TPSA) is 62.2 Å². The highest BCUT2D eigenvalue weighted by Gasteiger charge is 2.39. The number of ether oxygens (including phenoxy) is 2. The number of hydrogen-bond donors (Lipinski definition) is 2. The highest BCUT2D eigenvalue weighted by Crippen LogP contribution is 2.34. The van der Waals surface area contributed by atoms with Crippen molar-refractivity contribution >= 4 is 0 Å². The molecule has 1 heterocycles. The fourth-order valence-corrected chi connectivity index (χ4v) is 3.58. The fourth-order valence-electron chi connectivity index (χ4n) is 3.58. The first-order valence-corrected chi connectivity index (χ1v) is 9.82. The van der Waals surface area contributed by atoms with Crippen molar-refractivity contribution in [3.63, 3.8) is 0 Å². The molecule has 0 saturated carbocycles. The molecule has 2 aromatic rings. The van der Waals surface area contributed by atoms with E-state index >= 15 is 0 Å². The van der Waals surface area contributed by atoms with Crippen LogP contribution in [0.2, 0.25) is 0 Å². The van der Waals surface area contributed by atoms with Gasteiger partial charge in [-0.3, -0.25) is 4.90 Å². The molecule has 5 nitrogen and oxygen atoms in total. The van der Waals surface area contributed by atoms with Gasteiger partial charge in [0.2, 0.25) is 5.79 Å². The zero-order valence-corrected chi connectivity index (χ0v) is 16.7. The van der Waals surface area contributed by atoms with Gasteiger partial charge in [-0.2, -0.15) is 13.2 Å². The molecular formula is C22H26F3NO4. The summed E-state index contributed by atoms with van der Waals surface area (Å²) in [4.78, 5) is 2.01. The minimum absolute atomic E-state index is 0.0374. The Hall–Kier alpha value is -2.13. The monoisotopic (exact) mass is 425 g/mol. The van der Waals surface area contributed by atoms with Crippen LogP contribution in [0.3, 0.4) is 0 Å². The third kappa shape index (κ3) is 5.51.